The minimum atomic E-state index is -3.72. The third-order valence-electron chi connectivity index (χ3n) is 4.51. The second-order valence-electron chi connectivity index (χ2n) is 6.74. The highest BCUT2D eigenvalue weighted by molar-refractivity contribution is 7.92. The van der Waals surface area contributed by atoms with E-state index in [9.17, 15) is 26.9 Å². The van der Waals surface area contributed by atoms with Crippen LogP contribution in [0.1, 0.15) is 30.5 Å². The van der Waals surface area contributed by atoms with E-state index in [0.717, 1.165) is 10.7 Å². The third kappa shape index (κ3) is 4.76. The summed E-state index contributed by atoms with van der Waals surface area (Å²) in [4.78, 5) is 10.6. The number of nitrogens with one attached hydrogen (secondary N) is 1. The van der Waals surface area contributed by atoms with Crippen LogP contribution in [0.15, 0.2) is 53.6 Å². The molecule has 1 atom stereocenters. The number of nitro groups is 1. The summed E-state index contributed by atoms with van der Waals surface area (Å²) in [6.45, 7) is 1.50. The molecular formula is C18H20N4O6S2. The van der Waals surface area contributed by atoms with Gasteiger partial charge in [-0.3, -0.25) is 14.8 Å². The lowest BCUT2D eigenvalue weighted by Gasteiger charge is -2.22. The van der Waals surface area contributed by atoms with Crippen LogP contribution < -0.4 is 4.72 Å². The summed E-state index contributed by atoms with van der Waals surface area (Å²) < 4.78 is 51.3. The molecule has 2 aromatic carbocycles. The van der Waals surface area contributed by atoms with E-state index < -0.39 is 31.0 Å². The maximum atomic E-state index is 12.6. The molecule has 0 aromatic heterocycles. The predicted octanol–water partition coefficient (Wildman–Crippen LogP) is 2.47. The maximum Gasteiger partial charge on any atom is 0.269 e. The summed E-state index contributed by atoms with van der Waals surface area (Å²) >= 11 is 0. The molecule has 1 aliphatic rings. The quantitative estimate of drug-likeness (QED) is 0.506. The molecule has 3 rings (SSSR count). The summed E-state index contributed by atoms with van der Waals surface area (Å²) in [5.41, 5.74) is 1.81. The van der Waals surface area contributed by atoms with Gasteiger partial charge in [0, 0.05) is 24.2 Å². The van der Waals surface area contributed by atoms with Crippen molar-refractivity contribution in [3.63, 3.8) is 0 Å². The van der Waals surface area contributed by atoms with E-state index in [0.29, 0.717) is 22.5 Å². The third-order valence-corrected chi connectivity index (χ3v) is 6.75. The van der Waals surface area contributed by atoms with Crippen LogP contribution in [-0.4, -0.2) is 43.9 Å². The average Bonchev–Trinajstić information content (AvgIpc) is 3.14. The lowest BCUT2D eigenvalue weighted by Crippen LogP contribution is -2.28. The zero-order valence-electron chi connectivity index (χ0n) is 16.2. The fourth-order valence-electron chi connectivity index (χ4n) is 3.09. The first kappa shape index (κ1) is 21.7. The molecule has 0 saturated carbocycles. The summed E-state index contributed by atoms with van der Waals surface area (Å²) in [6, 6.07) is 11.5. The molecule has 1 unspecified atom stereocenters. The standard InChI is InChI=1S/C18H20N4O6S2/c1-3-30(27,28)21-18(14-5-4-6-16(11-14)22(23)24)12-17(19-21)13-7-9-15(10-8-13)20-29(2,25)26/h4-11,18,20H,3,12H2,1-2H3. The molecule has 2 aromatic rings. The molecule has 1 heterocycles. The number of anilines is 1. The molecule has 1 aliphatic heterocycles. The first-order valence-electron chi connectivity index (χ1n) is 8.92. The fraction of sp³-hybridized carbons (Fsp3) is 0.278. The Hall–Kier alpha value is -2.99. The smallest absolute Gasteiger partial charge is 0.269 e. The Kier molecular flexibility index (Phi) is 5.81. The molecule has 30 heavy (non-hydrogen) atoms. The zero-order valence-corrected chi connectivity index (χ0v) is 17.9. The van der Waals surface area contributed by atoms with Gasteiger partial charge < -0.3 is 0 Å². The van der Waals surface area contributed by atoms with Crippen molar-refractivity contribution in [3.8, 4) is 0 Å². The van der Waals surface area contributed by atoms with Crippen LogP contribution in [-0.2, 0) is 20.0 Å². The van der Waals surface area contributed by atoms with Gasteiger partial charge in [-0.05, 0) is 30.2 Å². The number of hydrogen-bond acceptors (Lipinski definition) is 7. The summed E-state index contributed by atoms with van der Waals surface area (Å²) in [5, 5.41) is 15.4. The second-order valence-corrected chi connectivity index (χ2v) is 10.6. The average molecular weight is 453 g/mol. The zero-order chi connectivity index (χ0) is 22.1. The van der Waals surface area contributed by atoms with Gasteiger partial charge in [0.2, 0.25) is 20.0 Å². The van der Waals surface area contributed by atoms with Gasteiger partial charge in [0.05, 0.1) is 28.7 Å². The number of benzene rings is 2. The number of nitrogens with zero attached hydrogens (tertiary/aromatic N) is 3. The Balaban J connectivity index is 1.97. The van der Waals surface area contributed by atoms with Crippen molar-refractivity contribution < 1.29 is 21.8 Å². The van der Waals surface area contributed by atoms with E-state index in [1.165, 1.54) is 25.1 Å². The highest BCUT2D eigenvalue weighted by Gasteiger charge is 2.36. The van der Waals surface area contributed by atoms with Crippen LogP contribution in [0.5, 0.6) is 0 Å². The van der Waals surface area contributed by atoms with E-state index in [1.807, 2.05) is 0 Å². The highest BCUT2D eigenvalue weighted by Crippen LogP contribution is 2.36. The van der Waals surface area contributed by atoms with Gasteiger partial charge in [0.1, 0.15) is 0 Å². The van der Waals surface area contributed by atoms with Crippen LogP contribution >= 0.6 is 0 Å². The molecule has 0 saturated heterocycles. The molecule has 0 radical (unpaired) electrons. The van der Waals surface area contributed by atoms with E-state index in [4.69, 9.17) is 0 Å². The van der Waals surface area contributed by atoms with Crippen molar-refractivity contribution in [3.05, 3.63) is 69.8 Å². The van der Waals surface area contributed by atoms with Crippen LogP contribution in [0.25, 0.3) is 0 Å². The van der Waals surface area contributed by atoms with Gasteiger partial charge in [0.25, 0.3) is 5.69 Å². The molecule has 0 amide bonds. The number of hydrazone groups is 1. The number of rotatable bonds is 7. The monoisotopic (exact) mass is 452 g/mol. The highest BCUT2D eigenvalue weighted by atomic mass is 32.2. The Morgan fingerprint density at radius 2 is 1.83 bits per heavy atom. The largest absolute Gasteiger partial charge is 0.284 e. The molecule has 0 fully saturated rings. The Bertz CT molecular complexity index is 1210. The number of hydrogen-bond donors (Lipinski definition) is 1. The van der Waals surface area contributed by atoms with Crippen molar-refractivity contribution in [1.82, 2.24) is 4.41 Å². The normalized spacial score (nSPS) is 16.9. The van der Waals surface area contributed by atoms with Crippen molar-refractivity contribution in [2.45, 2.75) is 19.4 Å². The number of non-ortho nitro benzene ring substituents is 1. The van der Waals surface area contributed by atoms with E-state index in [-0.39, 0.29) is 17.9 Å². The molecule has 0 bridgehead atoms. The number of sulfonamides is 2. The molecule has 0 aliphatic carbocycles. The molecule has 1 N–H and O–H groups in total. The van der Waals surface area contributed by atoms with Crippen molar-refractivity contribution in [1.29, 1.82) is 0 Å². The van der Waals surface area contributed by atoms with E-state index in [2.05, 4.69) is 9.82 Å². The maximum absolute atomic E-state index is 12.6. The lowest BCUT2D eigenvalue weighted by molar-refractivity contribution is -0.384. The van der Waals surface area contributed by atoms with Crippen molar-refractivity contribution >= 4 is 37.1 Å². The number of nitro benzene ring substituents is 1. The van der Waals surface area contributed by atoms with Gasteiger partial charge in [-0.25, -0.2) is 16.8 Å². The van der Waals surface area contributed by atoms with Gasteiger partial charge in [-0.15, -0.1) is 0 Å². The summed E-state index contributed by atoms with van der Waals surface area (Å²) in [7, 11) is -7.14. The van der Waals surface area contributed by atoms with Crippen LogP contribution in [0.3, 0.4) is 0 Å². The fourth-order valence-corrected chi connectivity index (χ4v) is 4.73. The van der Waals surface area contributed by atoms with Gasteiger partial charge in [-0.1, -0.05) is 24.3 Å². The topological polar surface area (TPSA) is 139 Å². The Morgan fingerprint density at radius 1 is 1.17 bits per heavy atom. The molecule has 160 valence electrons. The second kappa shape index (κ2) is 8.03. The Morgan fingerprint density at radius 3 is 2.40 bits per heavy atom. The first-order valence-corrected chi connectivity index (χ1v) is 12.4. The van der Waals surface area contributed by atoms with Crippen molar-refractivity contribution in [2.24, 2.45) is 5.10 Å². The minimum absolute atomic E-state index is 0.133. The van der Waals surface area contributed by atoms with E-state index in [1.54, 1.807) is 30.3 Å². The summed E-state index contributed by atoms with van der Waals surface area (Å²) in [5.74, 6) is -0.174. The first-order chi connectivity index (χ1) is 14.0. The molecule has 10 nitrogen and oxygen atoms in total. The SMILES string of the molecule is CCS(=O)(=O)N1N=C(c2ccc(NS(C)(=O)=O)cc2)CC1c1cccc([N+](=O)[O-])c1. The summed E-state index contributed by atoms with van der Waals surface area (Å²) in [6.07, 6.45) is 1.26. The molecular weight excluding hydrogens is 432 g/mol. The minimum Gasteiger partial charge on any atom is -0.284 e. The molecule has 0 spiro atoms. The molecule has 12 heteroatoms. The predicted molar refractivity (Wildman–Crippen MR) is 113 cm³/mol. The van der Waals surface area contributed by atoms with Gasteiger partial charge in [-0.2, -0.15) is 9.52 Å². The van der Waals surface area contributed by atoms with Crippen LogP contribution in [0, 0.1) is 10.1 Å². The van der Waals surface area contributed by atoms with Gasteiger partial charge >= 0.3 is 0 Å². The lowest BCUT2D eigenvalue weighted by atomic mass is 9.99. The Labute approximate surface area is 174 Å². The van der Waals surface area contributed by atoms with E-state index >= 15 is 0 Å². The van der Waals surface area contributed by atoms with Crippen LogP contribution in [0.4, 0.5) is 11.4 Å². The van der Waals surface area contributed by atoms with Crippen LogP contribution in [0.2, 0.25) is 0 Å². The van der Waals surface area contributed by atoms with Crippen molar-refractivity contribution in [2.75, 3.05) is 16.7 Å². The van der Waals surface area contributed by atoms with Gasteiger partial charge in [0.15, 0.2) is 0 Å².